The van der Waals surface area contributed by atoms with Crippen LogP contribution in [0.4, 0.5) is 0 Å². The highest BCUT2D eigenvalue weighted by Crippen LogP contribution is 2.31. The number of carbonyl (C=O) groups excluding carboxylic acids is 1. The summed E-state index contributed by atoms with van der Waals surface area (Å²) in [6, 6.07) is 13.2. The molecule has 122 valence electrons. The molecular weight excluding hydrogens is 356 g/mol. The molecule has 0 aromatic heterocycles. The maximum atomic E-state index is 12.0. The van der Waals surface area contributed by atoms with Gasteiger partial charge in [-0.1, -0.05) is 54.9 Å². The van der Waals surface area contributed by atoms with Crippen LogP contribution in [0.5, 0.6) is 11.5 Å². The summed E-state index contributed by atoms with van der Waals surface area (Å²) in [6.07, 6.45) is 0. The van der Waals surface area contributed by atoms with Crippen molar-refractivity contribution in [3.05, 3.63) is 58.1 Å². The van der Waals surface area contributed by atoms with Gasteiger partial charge in [0.2, 0.25) is 0 Å². The number of para-hydroxylation sites is 1. The largest absolute Gasteiger partial charge is 0.482 e. The monoisotopic (exact) mass is 376 g/mol. The van der Waals surface area contributed by atoms with Crippen molar-refractivity contribution in [3.8, 4) is 11.5 Å². The van der Waals surface area contributed by atoms with Crippen LogP contribution in [0.1, 0.15) is 31.9 Å². The van der Waals surface area contributed by atoms with Crippen LogP contribution < -0.4 is 9.47 Å². The molecule has 23 heavy (non-hydrogen) atoms. The third kappa shape index (κ3) is 4.83. The number of esters is 1. The van der Waals surface area contributed by atoms with E-state index in [1.165, 1.54) is 0 Å². The van der Waals surface area contributed by atoms with Gasteiger partial charge < -0.3 is 9.47 Å². The van der Waals surface area contributed by atoms with Crippen LogP contribution in [-0.4, -0.2) is 12.6 Å². The third-order valence-electron chi connectivity index (χ3n) is 3.40. The van der Waals surface area contributed by atoms with E-state index in [0.717, 1.165) is 15.6 Å². The van der Waals surface area contributed by atoms with Crippen LogP contribution in [-0.2, 0) is 10.2 Å². The van der Waals surface area contributed by atoms with Crippen LogP contribution in [0.2, 0.25) is 0 Å². The number of carbonyl (C=O) groups is 1. The maximum absolute atomic E-state index is 12.0. The molecule has 0 aliphatic heterocycles. The molecule has 0 bridgehead atoms. The molecule has 2 rings (SSSR count). The zero-order valence-electron chi connectivity index (χ0n) is 13.9. The topological polar surface area (TPSA) is 35.5 Å². The summed E-state index contributed by atoms with van der Waals surface area (Å²) in [6.45, 7) is 8.15. The van der Waals surface area contributed by atoms with Crippen molar-refractivity contribution >= 4 is 21.9 Å². The smallest absolute Gasteiger partial charge is 0.349 e. The second-order valence-electron chi connectivity index (χ2n) is 6.42. The van der Waals surface area contributed by atoms with Crippen LogP contribution in [0.15, 0.2) is 46.9 Å². The molecule has 0 spiro atoms. The molecule has 0 radical (unpaired) electrons. The van der Waals surface area contributed by atoms with E-state index in [2.05, 4.69) is 36.7 Å². The molecular formula is C19H21BrO3. The van der Waals surface area contributed by atoms with Crippen molar-refractivity contribution in [3.63, 3.8) is 0 Å². The number of ether oxygens (including phenoxy) is 2. The SMILES string of the molecule is Cc1cc(OC(=O)COc2ccccc2C(C)(C)C)ccc1Br. The molecule has 2 aromatic rings. The first-order chi connectivity index (χ1) is 10.8. The average molecular weight is 377 g/mol. The van der Waals surface area contributed by atoms with E-state index >= 15 is 0 Å². The molecule has 0 saturated carbocycles. The Morgan fingerprint density at radius 3 is 2.48 bits per heavy atom. The van der Waals surface area contributed by atoms with Gasteiger partial charge in [0.15, 0.2) is 6.61 Å². The lowest BCUT2D eigenvalue weighted by molar-refractivity contribution is -0.136. The van der Waals surface area contributed by atoms with Crippen molar-refractivity contribution < 1.29 is 14.3 Å². The summed E-state index contributed by atoms with van der Waals surface area (Å²) in [7, 11) is 0. The Morgan fingerprint density at radius 2 is 1.83 bits per heavy atom. The summed E-state index contributed by atoms with van der Waals surface area (Å²) >= 11 is 3.42. The van der Waals surface area contributed by atoms with Crippen LogP contribution in [0.3, 0.4) is 0 Å². The van der Waals surface area contributed by atoms with Crippen LogP contribution in [0, 0.1) is 6.92 Å². The highest BCUT2D eigenvalue weighted by atomic mass is 79.9. The van der Waals surface area contributed by atoms with Crippen molar-refractivity contribution in [1.82, 2.24) is 0 Å². The molecule has 2 aromatic carbocycles. The molecule has 0 amide bonds. The quantitative estimate of drug-likeness (QED) is 0.553. The van der Waals surface area contributed by atoms with Gasteiger partial charge in [0.1, 0.15) is 11.5 Å². The van der Waals surface area contributed by atoms with E-state index < -0.39 is 5.97 Å². The van der Waals surface area contributed by atoms with Gasteiger partial charge in [-0.25, -0.2) is 4.79 Å². The summed E-state index contributed by atoms with van der Waals surface area (Å²) in [4.78, 5) is 12.0. The first-order valence-electron chi connectivity index (χ1n) is 7.46. The predicted octanol–water partition coefficient (Wildman–Crippen LogP) is 5.04. The number of rotatable bonds is 4. The van der Waals surface area contributed by atoms with Crippen LogP contribution in [0.25, 0.3) is 0 Å². The summed E-state index contributed by atoms with van der Waals surface area (Å²) in [5.74, 6) is 0.808. The van der Waals surface area contributed by atoms with Gasteiger partial charge in [-0.15, -0.1) is 0 Å². The van der Waals surface area contributed by atoms with E-state index in [1.807, 2.05) is 43.3 Å². The minimum Gasteiger partial charge on any atom is -0.482 e. The summed E-state index contributed by atoms with van der Waals surface area (Å²) in [5, 5.41) is 0. The molecule has 0 N–H and O–H groups in total. The number of hydrogen-bond acceptors (Lipinski definition) is 3. The molecule has 0 saturated heterocycles. The molecule has 0 fully saturated rings. The maximum Gasteiger partial charge on any atom is 0.349 e. The third-order valence-corrected chi connectivity index (χ3v) is 4.29. The fraction of sp³-hybridized carbons (Fsp3) is 0.316. The molecule has 0 atom stereocenters. The minimum absolute atomic E-state index is 0.0523. The lowest BCUT2D eigenvalue weighted by Crippen LogP contribution is -2.20. The molecule has 4 heteroatoms. The normalized spacial score (nSPS) is 11.2. The van der Waals surface area contributed by atoms with E-state index in [9.17, 15) is 4.79 Å². The van der Waals surface area contributed by atoms with Gasteiger partial charge in [-0.3, -0.25) is 0 Å². The van der Waals surface area contributed by atoms with Gasteiger partial charge in [0.05, 0.1) is 0 Å². The molecule has 0 heterocycles. The standard InChI is InChI=1S/C19H21BrO3/c1-13-11-14(9-10-16(13)20)23-18(21)12-22-17-8-6-5-7-15(17)19(2,3)4/h5-11H,12H2,1-4H3. The Morgan fingerprint density at radius 1 is 1.13 bits per heavy atom. The van der Waals surface area contributed by atoms with Gasteiger partial charge >= 0.3 is 5.97 Å². The Hall–Kier alpha value is -1.81. The van der Waals surface area contributed by atoms with E-state index in [-0.39, 0.29) is 12.0 Å². The van der Waals surface area contributed by atoms with Crippen molar-refractivity contribution in [2.24, 2.45) is 0 Å². The molecule has 3 nitrogen and oxygen atoms in total. The number of aryl methyl sites for hydroxylation is 1. The minimum atomic E-state index is -0.421. The fourth-order valence-electron chi connectivity index (χ4n) is 2.19. The molecule has 0 unspecified atom stereocenters. The lowest BCUT2D eigenvalue weighted by Gasteiger charge is -2.22. The molecule has 0 aliphatic carbocycles. The number of hydrogen-bond donors (Lipinski definition) is 0. The van der Waals surface area contributed by atoms with Crippen LogP contribution >= 0.6 is 15.9 Å². The Balaban J connectivity index is 2.01. The average Bonchev–Trinajstić information content (AvgIpc) is 2.48. The highest BCUT2D eigenvalue weighted by molar-refractivity contribution is 9.10. The number of benzene rings is 2. The number of halogens is 1. The van der Waals surface area contributed by atoms with E-state index in [1.54, 1.807) is 6.07 Å². The van der Waals surface area contributed by atoms with Crippen molar-refractivity contribution in [1.29, 1.82) is 0 Å². The van der Waals surface area contributed by atoms with E-state index in [4.69, 9.17) is 9.47 Å². The Bertz CT molecular complexity index is 702. The fourth-order valence-corrected chi connectivity index (χ4v) is 2.44. The lowest BCUT2D eigenvalue weighted by atomic mass is 9.86. The van der Waals surface area contributed by atoms with Gasteiger partial charge in [0, 0.05) is 4.47 Å². The van der Waals surface area contributed by atoms with Gasteiger partial charge in [0.25, 0.3) is 0 Å². The molecule has 0 aliphatic rings. The zero-order chi connectivity index (χ0) is 17.0. The first kappa shape index (κ1) is 17.5. The summed E-state index contributed by atoms with van der Waals surface area (Å²) in [5.41, 5.74) is 2.02. The second-order valence-corrected chi connectivity index (χ2v) is 7.27. The van der Waals surface area contributed by atoms with Crippen molar-refractivity contribution in [2.75, 3.05) is 6.61 Å². The van der Waals surface area contributed by atoms with E-state index in [0.29, 0.717) is 11.5 Å². The Kier molecular flexibility index (Phi) is 5.47. The second kappa shape index (κ2) is 7.18. The first-order valence-corrected chi connectivity index (χ1v) is 8.26. The van der Waals surface area contributed by atoms with Crippen molar-refractivity contribution in [2.45, 2.75) is 33.1 Å². The van der Waals surface area contributed by atoms with Gasteiger partial charge in [-0.05, 0) is 47.7 Å². The Labute approximate surface area is 145 Å². The zero-order valence-corrected chi connectivity index (χ0v) is 15.4. The predicted molar refractivity (Wildman–Crippen MR) is 95.2 cm³/mol. The van der Waals surface area contributed by atoms with Gasteiger partial charge in [-0.2, -0.15) is 0 Å². The summed E-state index contributed by atoms with van der Waals surface area (Å²) < 4.78 is 12.0. The highest BCUT2D eigenvalue weighted by Gasteiger charge is 2.19.